The van der Waals surface area contributed by atoms with E-state index in [4.69, 9.17) is 5.11 Å². The number of carboxylic acids is 1. The topological polar surface area (TPSA) is 53.1 Å². The van der Waals surface area contributed by atoms with Crippen molar-refractivity contribution in [3.05, 3.63) is 36.2 Å². The summed E-state index contributed by atoms with van der Waals surface area (Å²) >= 11 is 0. The molecule has 0 bridgehead atoms. The normalized spacial score (nSPS) is 9.45. The number of aromatic nitrogens is 1. The molecule has 0 atom stereocenters. The first-order chi connectivity index (χ1) is 5.20. The Morgan fingerprint density at radius 3 is 2.91 bits per heavy atom. The summed E-state index contributed by atoms with van der Waals surface area (Å²) in [6.07, 6.45) is 3.91. The largest absolute Gasteiger partial charge is 0.478 e. The molecule has 1 aromatic rings. The van der Waals surface area contributed by atoms with Crippen LogP contribution in [0.2, 0.25) is 0 Å². The van der Waals surface area contributed by atoms with Gasteiger partial charge in [-0.25, -0.2) is 4.79 Å². The number of aromatic amines is 1. The number of carboxylic acid groups (broad SMARTS) is 1. The SMILES string of the molecule is C=C(Cc1cc[nH]c1)C(=O)O. The van der Waals surface area contributed by atoms with Gasteiger partial charge in [0.25, 0.3) is 0 Å². The molecule has 0 aliphatic heterocycles. The Kier molecular flexibility index (Phi) is 2.11. The number of aliphatic carboxylic acids is 1. The van der Waals surface area contributed by atoms with Crippen LogP contribution in [0.25, 0.3) is 0 Å². The first-order valence-electron chi connectivity index (χ1n) is 3.23. The molecule has 0 radical (unpaired) electrons. The summed E-state index contributed by atoms with van der Waals surface area (Å²) in [5.74, 6) is -0.939. The number of nitrogens with one attached hydrogen (secondary N) is 1. The number of rotatable bonds is 3. The third-order valence-electron chi connectivity index (χ3n) is 1.38. The van der Waals surface area contributed by atoms with E-state index >= 15 is 0 Å². The number of H-pyrrole nitrogens is 1. The molecule has 0 aliphatic carbocycles. The lowest BCUT2D eigenvalue weighted by atomic mass is 10.1. The van der Waals surface area contributed by atoms with E-state index in [-0.39, 0.29) is 5.57 Å². The first-order valence-corrected chi connectivity index (χ1v) is 3.23. The van der Waals surface area contributed by atoms with Crippen molar-refractivity contribution in [1.29, 1.82) is 0 Å². The van der Waals surface area contributed by atoms with Crippen LogP contribution in [0.4, 0.5) is 0 Å². The van der Waals surface area contributed by atoms with Crippen LogP contribution in [0.1, 0.15) is 5.56 Å². The Labute approximate surface area is 64.4 Å². The van der Waals surface area contributed by atoms with Crippen molar-refractivity contribution in [2.45, 2.75) is 6.42 Å². The van der Waals surface area contributed by atoms with E-state index in [9.17, 15) is 4.79 Å². The third-order valence-corrected chi connectivity index (χ3v) is 1.38. The van der Waals surface area contributed by atoms with Crippen LogP contribution < -0.4 is 0 Å². The molecule has 0 aromatic carbocycles. The first kappa shape index (κ1) is 7.60. The fraction of sp³-hybridized carbons (Fsp3) is 0.125. The van der Waals surface area contributed by atoms with Crippen LogP contribution in [0, 0.1) is 0 Å². The minimum absolute atomic E-state index is 0.213. The highest BCUT2D eigenvalue weighted by molar-refractivity contribution is 5.86. The average molecular weight is 151 g/mol. The van der Waals surface area contributed by atoms with E-state index in [2.05, 4.69) is 11.6 Å². The van der Waals surface area contributed by atoms with E-state index in [0.717, 1.165) is 5.56 Å². The van der Waals surface area contributed by atoms with Crippen LogP contribution in [0.5, 0.6) is 0 Å². The minimum atomic E-state index is -0.939. The highest BCUT2D eigenvalue weighted by Gasteiger charge is 2.04. The maximum Gasteiger partial charge on any atom is 0.331 e. The highest BCUT2D eigenvalue weighted by Crippen LogP contribution is 2.04. The standard InChI is InChI=1S/C8H9NO2/c1-6(8(10)11)4-7-2-3-9-5-7/h2-3,5,9H,1,4H2,(H,10,11). The maximum absolute atomic E-state index is 10.3. The van der Waals surface area contributed by atoms with Gasteiger partial charge >= 0.3 is 5.97 Å². The summed E-state index contributed by atoms with van der Waals surface area (Å²) in [5, 5.41) is 8.47. The quantitative estimate of drug-likeness (QED) is 0.638. The van der Waals surface area contributed by atoms with E-state index < -0.39 is 5.97 Å². The Morgan fingerprint density at radius 1 is 1.73 bits per heavy atom. The maximum atomic E-state index is 10.3. The molecule has 3 heteroatoms. The van der Waals surface area contributed by atoms with Gasteiger partial charge in [-0.15, -0.1) is 0 Å². The fourth-order valence-corrected chi connectivity index (χ4v) is 0.790. The summed E-state index contributed by atoms with van der Waals surface area (Å²) in [6, 6.07) is 1.83. The molecule has 11 heavy (non-hydrogen) atoms. The lowest BCUT2D eigenvalue weighted by Gasteiger charge is -1.95. The molecule has 3 nitrogen and oxygen atoms in total. The second-order valence-electron chi connectivity index (χ2n) is 2.30. The summed E-state index contributed by atoms with van der Waals surface area (Å²) < 4.78 is 0. The summed E-state index contributed by atoms with van der Waals surface area (Å²) in [4.78, 5) is 13.2. The van der Waals surface area contributed by atoms with Crippen LogP contribution >= 0.6 is 0 Å². The van der Waals surface area contributed by atoms with Crippen LogP contribution in [-0.2, 0) is 11.2 Å². The minimum Gasteiger partial charge on any atom is -0.478 e. The Bertz CT molecular complexity index is 262. The number of hydrogen-bond acceptors (Lipinski definition) is 1. The monoisotopic (exact) mass is 151 g/mol. The second kappa shape index (κ2) is 3.05. The van der Waals surface area contributed by atoms with Crippen molar-refractivity contribution >= 4 is 5.97 Å². The van der Waals surface area contributed by atoms with Gasteiger partial charge in [0, 0.05) is 24.4 Å². The molecule has 1 aromatic heterocycles. The fourth-order valence-electron chi connectivity index (χ4n) is 0.790. The number of hydrogen-bond donors (Lipinski definition) is 2. The summed E-state index contributed by atoms with van der Waals surface area (Å²) in [6.45, 7) is 3.42. The van der Waals surface area contributed by atoms with Gasteiger partial charge in [0.1, 0.15) is 0 Å². The zero-order valence-electron chi connectivity index (χ0n) is 6.00. The lowest BCUT2D eigenvalue weighted by Crippen LogP contribution is -2.01. The molecule has 0 aliphatic rings. The third kappa shape index (κ3) is 1.97. The molecular weight excluding hydrogens is 142 g/mol. The predicted octanol–water partition coefficient (Wildman–Crippen LogP) is 1.20. The Hall–Kier alpha value is -1.51. The predicted molar refractivity (Wildman–Crippen MR) is 41.3 cm³/mol. The van der Waals surface area contributed by atoms with Crippen molar-refractivity contribution in [3.8, 4) is 0 Å². The highest BCUT2D eigenvalue weighted by atomic mass is 16.4. The van der Waals surface area contributed by atoms with Crippen LogP contribution in [0.3, 0.4) is 0 Å². The van der Waals surface area contributed by atoms with Gasteiger partial charge in [-0.3, -0.25) is 0 Å². The Balaban J connectivity index is 2.57. The van der Waals surface area contributed by atoms with Gasteiger partial charge in [0.05, 0.1) is 0 Å². The van der Waals surface area contributed by atoms with Crippen LogP contribution in [-0.4, -0.2) is 16.1 Å². The van der Waals surface area contributed by atoms with Gasteiger partial charge in [0.15, 0.2) is 0 Å². The molecule has 2 N–H and O–H groups in total. The van der Waals surface area contributed by atoms with Gasteiger partial charge in [0.2, 0.25) is 0 Å². The average Bonchev–Trinajstić information content (AvgIpc) is 2.39. The van der Waals surface area contributed by atoms with E-state index in [1.54, 1.807) is 12.4 Å². The molecule has 0 fully saturated rings. The number of carbonyl (C=O) groups is 1. The van der Waals surface area contributed by atoms with Gasteiger partial charge < -0.3 is 10.1 Å². The van der Waals surface area contributed by atoms with Crippen molar-refractivity contribution in [2.24, 2.45) is 0 Å². The van der Waals surface area contributed by atoms with E-state index in [0.29, 0.717) is 6.42 Å². The lowest BCUT2D eigenvalue weighted by molar-refractivity contribution is -0.132. The molecule has 0 saturated heterocycles. The van der Waals surface area contributed by atoms with Crippen molar-refractivity contribution in [1.82, 2.24) is 4.98 Å². The smallest absolute Gasteiger partial charge is 0.331 e. The zero-order valence-corrected chi connectivity index (χ0v) is 6.00. The molecular formula is C8H9NO2. The van der Waals surface area contributed by atoms with E-state index in [1.807, 2.05) is 6.07 Å². The summed E-state index contributed by atoms with van der Waals surface area (Å²) in [5.41, 5.74) is 1.15. The molecule has 1 heterocycles. The second-order valence-corrected chi connectivity index (χ2v) is 2.30. The summed E-state index contributed by atoms with van der Waals surface area (Å²) in [7, 11) is 0. The molecule has 0 spiro atoms. The van der Waals surface area contributed by atoms with Gasteiger partial charge in [-0.1, -0.05) is 6.58 Å². The van der Waals surface area contributed by atoms with Gasteiger partial charge in [-0.05, 0) is 11.6 Å². The molecule has 58 valence electrons. The van der Waals surface area contributed by atoms with Gasteiger partial charge in [-0.2, -0.15) is 0 Å². The van der Waals surface area contributed by atoms with Crippen molar-refractivity contribution in [2.75, 3.05) is 0 Å². The Morgan fingerprint density at radius 2 is 2.45 bits per heavy atom. The van der Waals surface area contributed by atoms with E-state index in [1.165, 1.54) is 0 Å². The zero-order chi connectivity index (χ0) is 8.27. The molecule has 0 amide bonds. The molecule has 1 rings (SSSR count). The van der Waals surface area contributed by atoms with Crippen molar-refractivity contribution < 1.29 is 9.90 Å². The molecule has 0 unspecified atom stereocenters. The molecule has 0 saturated carbocycles. The van der Waals surface area contributed by atoms with Crippen LogP contribution in [0.15, 0.2) is 30.6 Å². The van der Waals surface area contributed by atoms with Crippen molar-refractivity contribution in [3.63, 3.8) is 0 Å².